The number of aryl methyl sites for hydroxylation is 1. The number of phenols is 1. The van der Waals surface area contributed by atoms with E-state index in [2.05, 4.69) is 17.2 Å². The van der Waals surface area contributed by atoms with Crippen molar-refractivity contribution in [1.82, 2.24) is 0 Å². The number of azo groups is 1. The average molecular weight is 455 g/mol. The van der Waals surface area contributed by atoms with E-state index in [9.17, 15) is 9.90 Å². The summed E-state index contributed by atoms with van der Waals surface area (Å²) in [6.45, 7) is 8.79. The molecular weight excluding hydrogens is 414 g/mol. The van der Waals surface area contributed by atoms with E-state index in [1.165, 1.54) is 25.7 Å². The third kappa shape index (κ3) is 8.87. The number of carbonyl (C=O) groups is 1. The summed E-state index contributed by atoms with van der Waals surface area (Å²) in [7, 11) is 0. The van der Waals surface area contributed by atoms with Gasteiger partial charge in [0.2, 0.25) is 0 Å². The first-order valence-corrected chi connectivity index (χ1v) is 12.1. The molecule has 2 rings (SSSR count). The van der Waals surface area contributed by atoms with Crippen LogP contribution in [0.5, 0.6) is 5.75 Å². The second-order valence-corrected chi connectivity index (χ2v) is 9.56. The zero-order valence-electron chi connectivity index (χ0n) is 20.6. The lowest BCUT2D eigenvalue weighted by Crippen LogP contribution is -2.57. The molecule has 0 aromatic heterocycles. The highest BCUT2D eigenvalue weighted by Crippen LogP contribution is 2.38. The number of esters is 1. The molecule has 0 aliphatic rings. The molecule has 0 fully saturated rings. The Bertz CT molecular complexity index is 933. The lowest BCUT2D eigenvalue weighted by molar-refractivity contribution is -0.432. The van der Waals surface area contributed by atoms with Gasteiger partial charge in [0.1, 0.15) is 5.69 Å². The number of hydrogen-bond donors (Lipinski definition) is 3. The molecule has 33 heavy (non-hydrogen) atoms. The number of ether oxygens (including phenoxy) is 1. The van der Waals surface area contributed by atoms with Crippen LogP contribution in [-0.4, -0.2) is 17.7 Å². The van der Waals surface area contributed by atoms with Crippen molar-refractivity contribution in [2.75, 3.05) is 12.3 Å². The Labute approximate surface area is 198 Å². The monoisotopic (exact) mass is 454 g/mol. The molecule has 0 spiro atoms. The zero-order valence-corrected chi connectivity index (χ0v) is 20.6. The van der Waals surface area contributed by atoms with Gasteiger partial charge >= 0.3 is 5.97 Å². The maximum absolute atomic E-state index is 12.2. The number of unbranched alkanes of at least 4 members (excludes halogenated alkanes) is 5. The topological polar surface area (TPSA) is 98.9 Å². The summed E-state index contributed by atoms with van der Waals surface area (Å²) in [6.07, 6.45) is 7.78. The highest BCUT2D eigenvalue weighted by Gasteiger charge is 2.23. The van der Waals surface area contributed by atoms with Gasteiger partial charge in [0, 0.05) is 23.2 Å². The second kappa shape index (κ2) is 13.0. The third-order valence-corrected chi connectivity index (χ3v) is 5.59. The lowest BCUT2D eigenvalue weighted by Gasteiger charge is -2.21. The van der Waals surface area contributed by atoms with E-state index in [0.717, 1.165) is 24.0 Å². The molecule has 2 aromatic carbocycles. The number of nitrogens with one attached hydrogen (secondary N) is 1. The zero-order chi connectivity index (χ0) is 24.3. The van der Waals surface area contributed by atoms with Crippen molar-refractivity contribution < 1.29 is 19.8 Å². The largest absolute Gasteiger partial charge is 0.505 e. The predicted octanol–water partition coefficient (Wildman–Crippen LogP) is 5.60. The van der Waals surface area contributed by atoms with Gasteiger partial charge in [-0.05, 0) is 36.0 Å². The summed E-state index contributed by atoms with van der Waals surface area (Å²) < 4.78 is 5.40. The van der Waals surface area contributed by atoms with Crippen LogP contribution in [0.1, 0.15) is 83.8 Å². The van der Waals surface area contributed by atoms with Crippen molar-refractivity contribution in [1.29, 1.82) is 0 Å². The fourth-order valence-electron chi connectivity index (χ4n) is 3.58. The van der Waals surface area contributed by atoms with Crippen molar-refractivity contribution in [3.63, 3.8) is 0 Å². The molecule has 0 saturated carbocycles. The summed E-state index contributed by atoms with van der Waals surface area (Å²) in [5, 5.41) is 18.2. The molecule has 4 N–H and O–H groups in total. The highest BCUT2D eigenvalue weighted by atomic mass is 16.5. The number of para-hydroxylation sites is 2. The maximum atomic E-state index is 12.2. The molecule has 0 unspecified atom stereocenters. The molecule has 0 amide bonds. The van der Waals surface area contributed by atoms with Gasteiger partial charge in [0.25, 0.3) is 5.69 Å². The van der Waals surface area contributed by atoms with Crippen LogP contribution in [0.2, 0.25) is 0 Å². The Hall–Kier alpha value is -2.89. The number of hydrogen-bond acceptors (Lipinski definition) is 5. The van der Waals surface area contributed by atoms with Crippen molar-refractivity contribution in [3.8, 4) is 5.75 Å². The number of anilines is 1. The van der Waals surface area contributed by atoms with E-state index >= 15 is 0 Å². The van der Waals surface area contributed by atoms with Crippen LogP contribution in [0.15, 0.2) is 41.5 Å². The summed E-state index contributed by atoms with van der Waals surface area (Å²) >= 11 is 0. The standard InChI is InChI=1S/C27H39N3O3/c1-5-6-7-8-9-12-17-33-25(31)16-15-20-18-21(27(2,3)4)26(32)24(19-20)30-29-23-14-11-10-13-22(23)28/h10-11,13-14,18-19,32H,5-9,12,15-17,28H2,1-4H3/p+1. The summed E-state index contributed by atoms with van der Waals surface area (Å²) in [5.41, 5.74) is 9.05. The van der Waals surface area contributed by atoms with E-state index in [4.69, 9.17) is 10.5 Å². The number of aromatic hydroxyl groups is 1. The number of nitrogens with two attached hydrogens (primary N) is 1. The molecule has 0 bridgehead atoms. The SMILES string of the molecule is CCCCCCCCOC(=O)CCc1cc(N=[NH+]c2ccccc2N)c(O)c(C(C)(C)C)c1. The van der Waals surface area contributed by atoms with Gasteiger partial charge in [-0.3, -0.25) is 4.79 Å². The van der Waals surface area contributed by atoms with E-state index < -0.39 is 0 Å². The van der Waals surface area contributed by atoms with Crippen molar-refractivity contribution >= 4 is 23.0 Å². The second-order valence-electron chi connectivity index (χ2n) is 9.56. The van der Waals surface area contributed by atoms with Gasteiger partial charge in [0.15, 0.2) is 11.4 Å². The maximum Gasteiger partial charge on any atom is 0.306 e. The first kappa shape index (κ1) is 26.4. The minimum Gasteiger partial charge on any atom is -0.505 e. The quantitative estimate of drug-likeness (QED) is 0.168. The Kier molecular flexibility index (Phi) is 10.4. The van der Waals surface area contributed by atoms with Crippen LogP contribution in [-0.2, 0) is 21.4 Å². The van der Waals surface area contributed by atoms with Gasteiger partial charge in [-0.1, -0.05) is 83.1 Å². The van der Waals surface area contributed by atoms with Crippen LogP contribution < -0.4 is 10.8 Å². The molecule has 0 heterocycles. The fraction of sp³-hybridized carbons (Fsp3) is 0.519. The number of rotatable bonds is 12. The van der Waals surface area contributed by atoms with Crippen LogP contribution in [0.4, 0.5) is 17.1 Å². The fourth-order valence-corrected chi connectivity index (χ4v) is 3.58. The van der Waals surface area contributed by atoms with Gasteiger partial charge in [-0.2, -0.15) is 0 Å². The van der Waals surface area contributed by atoms with Gasteiger partial charge < -0.3 is 15.6 Å². The number of benzene rings is 2. The van der Waals surface area contributed by atoms with Gasteiger partial charge in [-0.25, -0.2) is 0 Å². The summed E-state index contributed by atoms with van der Waals surface area (Å²) in [6, 6.07) is 11.1. The number of carbonyl (C=O) groups excluding carboxylic acids is 1. The molecule has 0 atom stereocenters. The normalized spacial score (nSPS) is 11.8. The average Bonchev–Trinajstić information content (AvgIpc) is 2.77. The summed E-state index contributed by atoms with van der Waals surface area (Å²) in [4.78, 5) is 12.2. The Morgan fingerprint density at radius 1 is 1.09 bits per heavy atom. The molecule has 2 aromatic rings. The summed E-state index contributed by atoms with van der Waals surface area (Å²) in [5.74, 6) is -0.0680. The van der Waals surface area contributed by atoms with E-state index in [1.807, 2.05) is 45.0 Å². The van der Waals surface area contributed by atoms with Crippen molar-refractivity contribution in [2.24, 2.45) is 5.11 Å². The van der Waals surface area contributed by atoms with E-state index in [-0.39, 0.29) is 17.1 Å². The molecule has 0 saturated heterocycles. The Morgan fingerprint density at radius 3 is 2.48 bits per heavy atom. The van der Waals surface area contributed by atoms with E-state index in [1.54, 1.807) is 12.1 Å². The minimum atomic E-state index is -0.283. The molecule has 6 heteroatoms. The Morgan fingerprint density at radius 2 is 1.79 bits per heavy atom. The van der Waals surface area contributed by atoms with Gasteiger partial charge in [-0.15, -0.1) is 0 Å². The molecule has 0 aliphatic carbocycles. The molecular formula is C27H40N3O3+. The van der Waals surface area contributed by atoms with Crippen LogP contribution in [0, 0.1) is 0 Å². The molecule has 6 nitrogen and oxygen atoms in total. The Balaban J connectivity index is 2.04. The van der Waals surface area contributed by atoms with Crippen molar-refractivity contribution in [2.45, 2.75) is 84.5 Å². The molecule has 180 valence electrons. The number of nitrogens with zero attached hydrogens (tertiary/aromatic N) is 1. The third-order valence-electron chi connectivity index (χ3n) is 5.59. The first-order chi connectivity index (χ1) is 15.7. The van der Waals surface area contributed by atoms with Crippen LogP contribution in [0.3, 0.4) is 0 Å². The number of nitrogen functional groups attached to an aromatic ring is 1. The van der Waals surface area contributed by atoms with Crippen LogP contribution in [0.25, 0.3) is 0 Å². The first-order valence-electron chi connectivity index (χ1n) is 12.1. The molecule has 0 aliphatic heterocycles. The highest BCUT2D eigenvalue weighted by molar-refractivity contribution is 5.70. The van der Waals surface area contributed by atoms with E-state index in [0.29, 0.717) is 36.5 Å². The molecule has 0 radical (unpaired) electrons. The predicted molar refractivity (Wildman–Crippen MR) is 133 cm³/mol. The van der Waals surface area contributed by atoms with Crippen LogP contribution >= 0.6 is 0 Å². The number of phenolic OH excluding ortho intramolecular Hbond substituents is 1. The van der Waals surface area contributed by atoms with Crippen molar-refractivity contribution in [3.05, 3.63) is 47.5 Å². The minimum absolute atomic E-state index is 0.124. The smallest absolute Gasteiger partial charge is 0.306 e. The lowest BCUT2D eigenvalue weighted by atomic mass is 9.84. The van der Waals surface area contributed by atoms with Gasteiger partial charge in [0.05, 0.1) is 6.61 Å².